The predicted octanol–water partition coefficient (Wildman–Crippen LogP) is 2.41. The van der Waals surface area contributed by atoms with E-state index in [2.05, 4.69) is 10.1 Å². The van der Waals surface area contributed by atoms with Crippen LogP contribution in [0, 0.1) is 11.3 Å². The molecule has 0 fully saturated rings. The summed E-state index contributed by atoms with van der Waals surface area (Å²) < 4.78 is 0. The van der Waals surface area contributed by atoms with E-state index in [0.717, 1.165) is 11.8 Å². The molecule has 0 spiro atoms. The zero-order valence-corrected chi connectivity index (χ0v) is 11.5. The van der Waals surface area contributed by atoms with Crippen LogP contribution in [0.5, 0.6) is 0 Å². The molecule has 0 atom stereocenters. The fraction of sp³-hybridized carbons (Fsp3) is 0. The molecule has 2 rings (SSSR count). The van der Waals surface area contributed by atoms with Crippen molar-refractivity contribution >= 4 is 17.9 Å². The number of hydrogen-bond acceptors (Lipinski definition) is 5. The van der Waals surface area contributed by atoms with Gasteiger partial charge in [-0.25, -0.2) is 9.80 Å². The van der Waals surface area contributed by atoms with Crippen LogP contribution in [0.3, 0.4) is 0 Å². The standard InChI is InChI=1S/C16H12N4O2/c17-9-14(16(21)22)12-20(15-7-4-8-18-11-15)19-10-13-5-2-1-3-6-13/h1-8,10-12H,(H,21,22). The lowest BCUT2D eigenvalue weighted by Gasteiger charge is -2.13. The Morgan fingerprint density at radius 3 is 2.64 bits per heavy atom. The van der Waals surface area contributed by atoms with Gasteiger partial charge in [-0.15, -0.1) is 0 Å². The van der Waals surface area contributed by atoms with Gasteiger partial charge in [0.25, 0.3) is 0 Å². The fourth-order valence-corrected chi connectivity index (χ4v) is 1.59. The molecule has 1 aromatic heterocycles. The average Bonchev–Trinajstić information content (AvgIpc) is 2.56. The van der Waals surface area contributed by atoms with Crippen molar-refractivity contribution < 1.29 is 9.90 Å². The first-order valence-corrected chi connectivity index (χ1v) is 6.34. The lowest BCUT2D eigenvalue weighted by atomic mass is 10.2. The van der Waals surface area contributed by atoms with Crippen LogP contribution in [0.2, 0.25) is 0 Å². The first-order valence-electron chi connectivity index (χ1n) is 6.34. The minimum Gasteiger partial charge on any atom is -0.477 e. The van der Waals surface area contributed by atoms with Crippen molar-refractivity contribution in [1.82, 2.24) is 4.98 Å². The molecule has 0 aliphatic heterocycles. The van der Waals surface area contributed by atoms with E-state index in [-0.39, 0.29) is 0 Å². The molecular formula is C16H12N4O2. The molecule has 6 nitrogen and oxygen atoms in total. The molecule has 1 N–H and O–H groups in total. The maximum Gasteiger partial charge on any atom is 0.348 e. The van der Waals surface area contributed by atoms with Crippen molar-refractivity contribution in [2.75, 3.05) is 5.01 Å². The summed E-state index contributed by atoms with van der Waals surface area (Å²) in [6.45, 7) is 0. The number of pyridine rings is 1. The number of carboxylic acid groups (broad SMARTS) is 1. The normalized spacial score (nSPS) is 11.1. The third-order valence-electron chi connectivity index (χ3n) is 2.64. The summed E-state index contributed by atoms with van der Waals surface area (Å²) in [4.78, 5) is 15.0. The molecule has 1 heterocycles. The van der Waals surface area contributed by atoms with Crippen LogP contribution in [-0.2, 0) is 4.79 Å². The fourth-order valence-electron chi connectivity index (χ4n) is 1.59. The summed E-state index contributed by atoms with van der Waals surface area (Å²) in [6, 6.07) is 14.4. The van der Waals surface area contributed by atoms with Crippen molar-refractivity contribution in [3.63, 3.8) is 0 Å². The number of aliphatic carboxylic acids is 1. The zero-order chi connectivity index (χ0) is 15.8. The van der Waals surface area contributed by atoms with Crippen molar-refractivity contribution in [1.29, 1.82) is 5.26 Å². The quantitative estimate of drug-likeness (QED) is 0.395. The summed E-state index contributed by atoms with van der Waals surface area (Å²) >= 11 is 0. The van der Waals surface area contributed by atoms with E-state index in [1.807, 2.05) is 30.3 Å². The van der Waals surface area contributed by atoms with E-state index >= 15 is 0 Å². The second-order valence-electron chi connectivity index (χ2n) is 4.17. The highest BCUT2D eigenvalue weighted by molar-refractivity contribution is 5.91. The Morgan fingerprint density at radius 1 is 1.27 bits per heavy atom. The predicted molar refractivity (Wildman–Crippen MR) is 82.1 cm³/mol. The van der Waals surface area contributed by atoms with Crippen molar-refractivity contribution in [3.8, 4) is 6.07 Å². The van der Waals surface area contributed by atoms with E-state index in [1.54, 1.807) is 30.6 Å². The monoisotopic (exact) mass is 292 g/mol. The van der Waals surface area contributed by atoms with Gasteiger partial charge in [0.15, 0.2) is 5.57 Å². The Bertz CT molecular complexity index is 734. The zero-order valence-electron chi connectivity index (χ0n) is 11.5. The Morgan fingerprint density at radius 2 is 2.05 bits per heavy atom. The molecule has 6 heteroatoms. The van der Waals surface area contributed by atoms with Crippen LogP contribution < -0.4 is 5.01 Å². The largest absolute Gasteiger partial charge is 0.477 e. The molecule has 0 unspecified atom stereocenters. The van der Waals surface area contributed by atoms with E-state index < -0.39 is 11.5 Å². The van der Waals surface area contributed by atoms with E-state index in [0.29, 0.717) is 5.69 Å². The number of anilines is 1. The summed E-state index contributed by atoms with van der Waals surface area (Å²) in [5, 5.41) is 23.4. The number of nitrogens with zero attached hydrogens (tertiary/aromatic N) is 4. The molecule has 0 bridgehead atoms. The highest BCUT2D eigenvalue weighted by Crippen LogP contribution is 2.14. The molecule has 108 valence electrons. The number of benzene rings is 1. The Labute approximate surface area is 127 Å². The molecule has 0 saturated heterocycles. The van der Waals surface area contributed by atoms with Crippen LogP contribution in [0.25, 0.3) is 0 Å². The Balaban J connectivity index is 2.37. The third kappa shape index (κ3) is 4.02. The molecule has 0 radical (unpaired) electrons. The average molecular weight is 292 g/mol. The van der Waals surface area contributed by atoms with Crippen LogP contribution >= 0.6 is 0 Å². The maximum absolute atomic E-state index is 11.0. The molecule has 0 aliphatic carbocycles. The van der Waals surface area contributed by atoms with Gasteiger partial charge in [0.2, 0.25) is 0 Å². The first-order chi connectivity index (χ1) is 10.7. The summed E-state index contributed by atoms with van der Waals surface area (Å²) in [7, 11) is 0. The SMILES string of the molecule is N#CC(=CN(N=Cc1ccccc1)c1cccnc1)C(=O)O. The smallest absolute Gasteiger partial charge is 0.348 e. The van der Waals surface area contributed by atoms with Gasteiger partial charge in [-0.1, -0.05) is 30.3 Å². The topological polar surface area (TPSA) is 89.6 Å². The molecular weight excluding hydrogens is 280 g/mol. The van der Waals surface area contributed by atoms with Gasteiger partial charge in [0, 0.05) is 6.20 Å². The van der Waals surface area contributed by atoms with Crippen LogP contribution in [0.1, 0.15) is 5.56 Å². The van der Waals surface area contributed by atoms with Gasteiger partial charge in [-0.3, -0.25) is 4.98 Å². The summed E-state index contributed by atoms with van der Waals surface area (Å²) in [6.07, 6.45) is 5.84. The maximum atomic E-state index is 11.0. The molecule has 0 amide bonds. The lowest BCUT2D eigenvalue weighted by Crippen LogP contribution is -2.12. The molecule has 0 aliphatic rings. The highest BCUT2D eigenvalue weighted by atomic mass is 16.4. The van der Waals surface area contributed by atoms with Gasteiger partial charge in [0.05, 0.1) is 24.3 Å². The number of hydrogen-bond donors (Lipinski definition) is 1. The molecule has 0 saturated carbocycles. The number of rotatable bonds is 5. The lowest BCUT2D eigenvalue weighted by molar-refractivity contribution is -0.132. The number of carbonyl (C=O) groups is 1. The van der Waals surface area contributed by atoms with Gasteiger partial charge in [-0.2, -0.15) is 10.4 Å². The number of nitriles is 1. The number of aromatic nitrogens is 1. The summed E-state index contributed by atoms with van der Waals surface area (Å²) in [5.74, 6) is -1.31. The van der Waals surface area contributed by atoms with Gasteiger partial charge in [0.1, 0.15) is 6.07 Å². The van der Waals surface area contributed by atoms with Crippen molar-refractivity contribution in [2.24, 2.45) is 5.10 Å². The molecule has 2 aromatic rings. The van der Waals surface area contributed by atoms with Crippen LogP contribution in [0.15, 0.2) is 71.7 Å². The van der Waals surface area contributed by atoms with E-state index in [1.165, 1.54) is 11.2 Å². The molecule has 22 heavy (non-hydrogen) atoms. The number of hydrazone groups is 1. The Hall–Kier alpha value is -3.46. The van der Waals surface area contributed by atoms with Crippen LogP contribution in [-0.4, -0.2) is 22.3 Å². The number of carboxylic acids is 1. The third-order valence-corrected chi connectivity index (χ3v) is 2.64. The highest BCUT2D eigenvalue weighted by Gasteiger charge is 2.10. The Kier molecular flexibility index (Phi) is 5.00. The summed E-state index contributed by atoms with van der Waals surface area (Å²) in [5.41, 5.74) is 0.969. The first kappa shape index (κ1) is 14.9. The van der Waals surface area contributed by atoms with E-state index in [9.17, 15) is 4.79 Å². The van der Waals surface area contributed by atoms with Gasteiger partial charge >= 0.3 is 5.97 Å². The molecule has 1 aromatic carbocycles. The minimum atomic E-state index is -1.31. The van der Waals surface area contributed by atoms with Crippen molar-refractivity contribution in [3.05, 3.63) is 72.2 Å². The second kappa shape index (κ2) is 7.36. The van der Waals surface area contributed by atoms with Gasteiger partial charge < -0.3 is 5.11 Å². The van der Waals surface area contributed by atoms with Gasteiger partial charge in [-0.05, 0) is 17.7 Å². The van der Waals surface area contributed by atoms with Crippen LogP contribution in [0.4, 0.5) is 5.69 Å². The minimum absolute atomic E-state index is 0.422. The second-order valence-corrected chi connectivity index (χ2v) is 4.17. The van der Waals surface area contributed by atoms with Crippen molar-refractivity contribution in [2.45, 2.75) is 0 Å². The van der Waals surface area contributed by atoms with E-state index in [4.69, 9.17) is 10.4 Å².